The van der Waals surface area contributed by atoms with Crippen molar-refractivity contribution in [2.24, 2.45) is 10.9 Å². The zero-order valence-electron chi connectivity index (χ0n) is 8.70. The lowest BCUT2D eigenvalue weighted by Gasteiger charge is -2.21. The van der Waals surface area contributed by atoms with Crippen LogP contribution in [0.4, 0.5) is 0 Å². The van der Waals surface area contributed by atoms with Crippen LogP contribution in [0.15, 0.2) is 15.7 Å². The summed E-state index contributed by atoms with van der Waals surface area (Å²) in [6.07, 6.45) is 2.53. The zero-order valence-corrected chi connectivity index (χ0v) is 10.3. The summed E-state index contributed by atoms with van der Waals surface area (Å²) in [4.78, 5) is 0. The van der Waals surface area contributed by atoms with Gasteiger partial charge in [0.25, 0.3) is 0 Å². The Kier molecular flexibility index (Phi) is 3.16. The third-order valence-electron chi connectivity index (χ3n) is 2.95. The van der Waals surface area contributed by atoms with Gasteiger partial charge >= 0.3 is 0 Å². The van der Waals surface area contributed by atoms with Gasteiger partial charge in [0.15, 0.2) is 0 Å². The normalized spacial score (nSPS) is 17.5. The quantitative estimate of drug-likeness (QED) is 0.546. The number of nitrogens with zero attached hydrogens (tertiary/aromatic N) is 1. The molecular weight excluding hydrogens is 272 g/mol. The molecule has 5 heteroatoms. The van der Waals surface area contributed by atoms with Gasteiger partial charge in [-0.3, -0.25) is 0 Å². The Hall–Kier alpha value is -1.07. The predicted octanol–water partition coefficient (Wildman–Crippen LogP) is 2.13. The summed E-state index contributed by atoms with van der Waals surface area (Å²) >= 11 is 3.28. The van der Waals surface area contributed by atoms with E-state index in [0.717, 1.165) is 36.0 Å². The molecule has 0 aromatic heterocycles. The average molecular weight is 285 g/mol. The molecule has 1 aliphatic carbocycles. The lowest BCUT2D eigenvalue weighted by Crippen LogP contribution is -2.16. The van der Waals surface area contributed by atoms with Crippen LogP contribution in [0.1, 0.15) is 29.5 Å². The van der Waals surface area contributed by atoms with E-state index in [4.69, 9.17) is 10.9 Å². The van der Waals surface area contributed by atoms with Gasteiger partial charge in [-0.05, 0) is 46.8 Å². The van der Waals surface area contributed by atoms with E-state index in [1.807, 2.05) is 0 Å². The number of phenolic OH excluding ortho intramolecular Hbond substituents is 1. The average Bonchev–Trinajstić information content (AvgIpc) is 2.30. The first-order chi connectivity index (χ1) is 7.69. The molecule has 0 bridgehead atoms. The van der Waals surface area contributed by atoms with Gasteiger partial charge in [-0.25, -0.2) is 0 Å². The van der Waals surface area contributed by atoms with Crippen molar-refractivity contribution in [1.82, 2.24) is 0 Å². The van der Waals surface area contributed by atoms with E-state index < -0.39 is 0 Å². The number of oxime groups is 1. The Balaban J connectivity index is 2.69. The molecule has 0 atom stereocenters. The first-order valence-corrected chi connectivity index (χ1v) is 5.93. The van der Waals surface area contributed by atoms with Crippen LogP contribution in [-0.4, -0.2) is 16.0 Å². The number of aromatic hydroxyl groups is 1. The van der Waals surface area contributed by atoms with Gasteiger partial charge in [0, 0.05) is 17.7 Å². The number of halogens is 1. The van der Waals surface area contributed by atoms with Crippen LogP contribution in [0.25, 0.3) is 0 Å². The molecule has 4 nitrogen and oxygen atoms in total. The predicted molar refractivity (Wildman–Crippen MR) is 65.0 cm³/mol. The number of hydrogen-bond acceptors (Lipinski definition) is 4. The molecule has 86 valence electrons. The molecule has 0 fully saturated rings. The molecular formula is C11H13BrN2O2. The van der Waals surface area contributed by atoms with Gasteiger partial charge in [0.1, 0.15) is 5.75 Å². The fourth-order valence-electron chi connectivity index (χ4n) is 2.17. The fraction of sp³-hybridized carbons (Fsp3) is 0.364. The Labute approximate surface area is 102 Å². The van der Waals surface area contributed by atoms with Crippen molar-refractivity contribution in [2.75, 3.05) is 0 Å². The second-order valence-electron chi connectivity index (χ2n) is 3.82. The summed E-state index contributed by atoms with van der Waals surface area (Å²) in [7, 11) is 0. The molecule has 4 N–H and O–H groups in total. The van der Waals surface area contributed by atoms with Crippen LogP contribution in [-0.2, 0) is 13.0 Å². The third kappa shape index (κ3) is 1.70. The van der Waals surface area contributed by atoms with Crippen LogP contribution in [0.3, 0.4) is 0 Å². The van der Waals surface area contributed by atoms with Crippen molar-refractivity contribution in [2.45, 2.75) is 25.8 Å². The summed E-state index contributed by atoms with van der Waals surface area (Å²) in [6, 6.07) is 1.79. The largest absolute Gasteiger partial charge is 0.506 e. The van der Waals surface area contributed by atoms with E-state index in [2.05, 4.69) is 21.1 Å². The first kappa shape index (κ1) is 11.4. The Bertz CT molecular complexity index is 458. The highest BCUT2D eigenvalue weighted by molar-refractivity contribution is 9.10. The molecule has 0 amide bonds. The maximum atomic E-state index is 9.88. The number of rotatable bonds is 1. The highest BCUT2D eigenvalue weighted by Crippen LogP contribution is 2.36. The number of hydrogen-bond donors (Lipinski definition) is 3. The SMILES string of the molecule is NCc1c(O)c(Br)cc2c1CCC/C2=N\O. The zero-order chi connectivity index (χ0) is 11.7. The maximum Gasteiger partial charge on any atom is 0.134 e. The lowest BCUT2D eigenvalue weighted by molar-refractivity contribution is 0.317. The summed E-state index contributed by atoms with van der Waals surface area (Å²) < 4.78 is 0.592. The fourth-order valence-corrected chi connectivity index (χ4v) is 2.63. The van der Waals surface area contributed by atoms with Gasteiger partial charge in [-0.1, -0.05) is 5.16 Å². The van der Waals surface area contributed by atoms with Crippen LogP contribution in [0.2, 0.25) is 0 Å². The van der Waals surface area contributed by atoms with E-state index in [1.54, 1.807) is 6.07 Å². The molecule has 0 spiro atoms. The van der Waals surface area contributed by atoms with Gasteiger partial charge in [-0.2, -0.15) is 0 Å². The van der Waals surface area contributed by atoms with E-state index in [-0.39, 0.29) is 12.3 Å². The van der Waals surface area contributed by atoms with E-state index >= 15 is 0 Å². The molecule has 0 saturated carbocycles. The Morgan fingerprint density at radius 1 is 1.44 bits per heavy atom. The Morgan fingerprint density at radius 3 is 2.81 bits per heavy atom. The maximum absolute atomic E-state index is 9.88. The monoisotopic (exact) mass is 284 g/mol. The second kappa shape index (κ2) is 4.43. The highest BCUT2D eigenvalue weighted by Gasteiger charge is 2.22. The smallest absolute Gasteiger partial charge is 0.134 e. The van der Waals surface area contributed by atoms with Gasteiger partial charge in [0.2, 0.25) is 0 Å². The van der Waals surface area contributed by atoms with Crippen molar-refractivity contribution in [3.8, 4) is 5.75 Å². The van der Waals surface area contributed by atoms with Crippen molar-refractivity contribution >= 4 is 21.6 Å². The molecule has 0 heterocycles. The summed E-state index contributed by atoms with van der Waals surface area (Å²) in [6.45, 7) is 0.284. The number of phenols is 1. The van der Waals surface area contributed by atoms with Crippen LogP contribution in [0, 0.1) is 0 Å². The van der Waals surface area contributed by atoms with Crippen molar-refractivity contribution in [3.63, 3.8) is 0 Å². The molecule has 16 heavy (non-hydrogen) atoms. The van der Waals surface area contributed by atoms with Crippen molar-refractivity contribution < 1.29 is 10.3 Å². The molecule has 0 radical (unpaired) electrons. The lowest BCUT2D eigenvalue weighted by atomic mass is 9.86. The topological polar surface area (TPSA) is 78.8 Å². The van der Waals surface area contributed by atoms with E-state index in [0.29, 0.717) is 10.2 Å². The summed E-state index contributed by atoms with van der Waals surface area (Å²) in [5.74, 6) is 0.195. The molecule has 0 aliphatic heterocycles. The highest BCUT2D eigenvalue weighted by atomic mass is 79.9. The van der Waals surface area contributed by atoms with Crippen molar-refractivity contribution in [3.05, 3.63) is 27.2 Å². The summed E-state index contributed by atoms with van der Waals surface area (Å²) in [5, 5.41) is 22.1. The number of nitrogens with two attached hydrogens (primary N) is 1. The number of benzene rings is 1. The van der Waals surface area contributed by atoms with Gasteiger partial charge in [0.05, 0.1) is 10.2 Å². The molecule has 1 aromatic rings. The van der Waals surface area contributed by atoms with Gasteiger partial charge < -0.3 is 16.0 Å². The second-order valence-corrected chi connectivity index (χ2v) is 4.67. The van der Waals surface area contributed by atoms with E-state index in [1.165, 1.54) is 0 Å². The van der Waals surface area contributed by atoms with E-state index in [9.17, 15) is 5.11 Å². The minimum absolute atomic E-state index is 0.195. The van der Waals surface area contributed by atoms with Crippen LogP contribution >= 0.6 is 15.9 Å². The van der Waals surface area contributed by atoms with Gasteiger partial charge in [-0.15, -0.1) is 0 Å². The van der Waals surface area contributed by atoms with Crippen molar-refractivity contribution in [1.29, 1.82) is 0 Å². The molecule has 1 aliphatic rings. The first-order valence-electron chi connectivity index (χ1n) is 5.13. The Morgan fingerprint density at radius 2 is 2.19 bits per heavy atom. The molecule has 1 aromatic carbocycles. The third-order valence-corrected chi connectivity index (χ3v) is 3.55. The summed E-state index contributed by atoms with van der Waals surface area (Å²) in [5.41, 5.74) is 8.94. The number of fused-ring (bicyclic) bond motifs is 1. The van der Waals surface area contributed by atoms with Crippen LogP contribution < -0.4 is 5.73 Å². The molecule has 0 saturated heterocycles. The van der Waals surface area contributed by atoms with Crippen LogP contribution in [0.5, 0.6) is 5.75 Å². The molecule has 2 rings (SSSR count). The minimum atomic E-state index is 0.195. The standard InChI is InChI=1S/C11H13BrN2O2/c12-9-4-7-6(8(5-13)11(9)15)2-1-3-10(7)14-16/h4,15-16H,1-3,5,13H2/b14-10+. The molecule has 0 unspecified atom stereocenters. The minimum Gasteiger partial charge on any atom is -0.506 e.